The van der Waals surface area contributed by atoms with E-state index >= 15 is 0 Å². The molecule has 0 bridgehead atoms. The zero-order valence-electron chi connectivity index (χ0n) is 15.5. The lowest BCUT2D eigenvalue weighted by Gasteiger charge is -2.34. The smallest absolute Gasteiger partial charge is 0.0399 e. The Balaban J connectivity index is 3.00. The maximum Gasteiger partial charge on any atom is 0.0399 e. The van der Waals surface area contributed by atoms with E-state index in [4.69, 9.17) is 23.2 Å². The van der Waals surface area contributed by atoms with Gasteiger partial charge in [0.15, 0.2) is 0 Å². The minimum Gasteiger partial charge on any atom is -0.120 e. The van der Waals surface area contributed by atoms with Crippen LogP contribution in [0.4, 0.5) is 0 Å². The van der Waals surface area contributed by atoms with Crippen molar-refractivity contribution in [1.82, 2.24) is 0 Å². The molecule has 1 aromatic carbocycles. The third-order valence-electron chi connectivity index (χ3n) is 4.17. The number of hydrogen-bond donors (Lipinski definition) is 0. The third kappa shape index (κ3) is 6.13. The second kappa shape index (κ2) is 6.36. The largest absolute Gasteiger partial charge is 0.120 e. The van der Waals surface area contributed by atoms with Gasteiger partial charge in [0, 0.05) is 9.75 Å². The van der Waals surface area contributed by atoms with Crippen molar-refractivity contribution in [2.75, 3.05) is 0 Å². The average molecular weight is 343 g/mol. The Morgan fingerprint density at radius 3 is 1.00 bits per heavy atom. The molecule has 2 heteroatoms. The van der Waals surface area contributed by atoms with E-state index in [1.54, 1.807) is 0 Å². The molecule has 1 aromatic rings. The summed E-state index contributed by atoms with van der Waals surface area (Å²) in [6.07, 6.45) is 1.89. The predicted molar refractivity (Wildman–Crippen MR) is 102 cm³/mol. The molecule has 0 spiro atoms. The fourth-order valence-corrected chi connectivity index (χ4v) is 4.35. The SMILES string of the molecule is CC(C)(Cl)CC(C)(C)c1ccc(C(C)(C)CC(C)(C)Cl)cc1. The zero-order valence-corrected chi connectivity index (χ0v) is 17.0. The van der Waals surface area contributed by atoms with E-state index in [2.05, 4.69) is 79.7 Å². The van der Waals surface area contributed by atoms with Crippen LogP contribution < -0.4 is 0 Å². The Morgan fingerprint density at radius 2 is 0.818 bits per heavy atom. The molecule has 0 saturated carbocycles. The monoisotopic (exact) mass is 342 g/mol. The van der Waals surface area contributed by atoms with Crippen LogP contribution in [-0.2, 0) is 10.8 Å². The lowest BCUT2D eigenvalue weighted by atomic mass is 9.74. The molecule has 0 aliphatic rings. The van der Waals surface area contributed by atoms with Crippen molar-refractivity contribution in [3.05, 3.63) is 35.4 Å². The van der Waals surface area contributed by atoms with Crippen molar-refractivity contribution in [1.29, 1.82) is 0 Å². The van der Waals surface area contributed by atoms with Crippen LogP contribution in [0.15, 0.2) is 24.3 Å². The van der Waals surface area contributed by atoms with Crippen LogP contribution >= 0.6 is 23.2 Å². The first-order valence-electron chi connectivity index (χ1n) is 8.11. The van der Waals surface area contributed by atoms with Crippen molar-refractivity contribution in [3.63, 3.8) is 0 Å². The van der Waals surface area contributed by atoms with Crippen molar-refractivity contribution in [3.8, 4) is 0 Å². The minimum atomic E-state index is -0.190. The van der Waals surface area contributed by atoms with E-state index < -0.39 is 0 Å². The summed E-state index contributed by atoms with van der Waals surface area (Å²) >= 11 is 12.9. The van der Waals surface area contributed by atoms with Crippen LogP contribution in [0, 0.1) is 0 Å². The first-order chi connectivity index (χ1) is 9.62. The van der Waals surface area contributed by atoms with Gasteiger partial charge in [-0.15, -0.1) is 23.2 Å². The second-order valence-electron chi connectivity index (χ2n) is 9.14. The molecule has 0 N–H and O–H groups in total. The van der Waals surface area contributed by atoms with E-state index in [0.29, 0.717) is 0 Å². The van der Waals surface area contributed by atoms with Crippen molar-refractivity contribution < 1.29 is 0 Å². The molecular formula is C20H32Cl2. The lowest BCUT2D eigenvalue weighted by Crippen LogP contribution is -2.28. The van der Waals surface area contributed by atoms with Crippen LogP contribution in [0.25, 0.3) is 0 Å². The highest BCUT2D eigenvalue weighted by Crippen LogP contribution is 2.38. The van der Waals surface area contributed by atoms with Gasteiger partial charge in [0.05, 0.1) is 0 Å². The highest BCUT2D eigenvalue weighted by molar-refractivity contribution is 6.23. The molecule has 1 rings (SSSR count). The first-order valence-corrected chi connectivity index (χ1v) is 8.87. The molecule has 0 heterocycles. The highest BCUT2D eigenvalue weighted by Gasteiger charge is 2.31. The zero-order chi connectivity index (χ0) is 17.4. The summed E-state index contributed by atoms with van der Waals surface area (Å²) in [5, 5.41) is 0. The van der Waals surface area contributed by atoms with Crippen LogP contribution in [0.2, 0.25) is 0 Å². The van der Waals surface area contributed by atoms with E-state index in [9.17, 15) is 0 Å². The normalized spacial score (nSPS) is 14.3. The van der Waals surface area contributed by atoms with Gasteiger partial charge in [0.25, 0.3) is 0 Å². The van der Waals surface area contributed by atoms with Gasteiger partial charge in [-0.2, -0.15) is 0 Å². The predicted octanol–water partition coefficient (Wildman–Crippen LogP) is 7.06. The van der Waals surface area contributed by atoms with Crippen LogP contribution in [0.1, 0.15) is 79.4 Å². The molecule has 0 radical (unpaired) electrons. The molecule has 0 saturated heterocycles. The summed E-state index contributed by atoms with van der Waals surface area (Å²) in [6.45, 7) is 17.4. The van der Waals surface area contributed by atoms with Gasteiger partial charge in [0.1, 0.15) is 0 Å². The summed E-state index contributed by atoms with van der Waals surface area (Å²) in [7, 11) is 0. The Hall–Kier alpha value is -0.200. The third-order valence-corrected chi connectivity index (χ3v) is 4.44. The van der Waals surface area contributed by atoms with Crippen LogP contribution in [0.5, 0.6) is 0 Å². The van der Waals surface area contributed by atoms with Gasteiger partial charge in [-0.3, -0.25) is 0 Å². The minimum absolute atomic E-state index is 0.0691. The summed E-state index contributed by atoms with van der Waals surface area (Å²) in [6, 6.07) is 9.00. The van der Waals surface area contributed by atoms with E-state index in [1.165, 1.54) is 11.1 Å². The molecule has 0 nitrogen and oxygen atoms in total. The highest BCUT2D eigenvalue weighted by atomic mass is 35.5. The summed E-state index contributed by atoms with van der Waals surface area (Å²) in [5.74, 6) is 0. The van der Waals surface area contributed by atoms with E-state index in [0.717, 1.165) is 12.8 Å². The number of halogens is 2. The van der Waals surface area contributed by atoms with Crippen LogP contribution in [-0.4, -0.2) is 9.75 Å². The Bertz CT molecular complexity index is 435. The van der Waals surface area contributed by atoms with Crippen LogP contribution in [0.3, 0.4) is 0 Å². The Kier molecular flexibility index (Phi) is 5.74. The lowest BCUT2D eigenvalue weighted by molar-refractivity contribution is 0.412. The Morgan fingerprint density at radius 1 is 0.591 bits per heavy atom. The molecule has 0 aliphatic heterocycles. The Labute approximate surface area is 147 Å². The molecule has 0 aromatic heterocycles. The first kappa shape index (κ1) is 19.8. The van der Waals surface area contributed by atoms with Gasteiger partial charge in [-0.05, 0) is 62.5 Å². The molecule has 0 aliphatic carbocycles. The fraction of sp³-hybridized carbons (Fsp3) is 0.700. The number of hydrogen-bond acceptors (Lipinski definition) is 0. The van der Waals surface area contributed by atoms with Gasteiger partial charge in [-0.1, -0.05) is 52.0 Å². The summed E-state index contributed by atoms with van der Waals surface area (Å²) in [4.78, 5) is -0.381. The number of rotatable bonds is 6. The topological polar surface area (TPSA) is 0 Å². The van der Waals surface area contributed by atoms with Gasteiger partial charge in [0.2, 0.25) is 0 Å². The maximum absolute atomic E-state index is 6.43. The fourth-order valence-electron chi connectivity index (χ4n) is 3.68. The van der Waals surface area contributed by atoms with E-state index in [1.807, 2.05) is 0 Å². The molecule has 0 amide bonds. The average Bonchev–Trinajstić information content (AvgIpc) is 2.22. The molecule has 0 fully saturated rings. The van der Waals surface area contributed by atoms with Gasteiger partial charge < -0.3 is 0 Å². The molecule has 126 valence electrons. The van der Waals surface area contributed by atoms with Crippen molar-refractivity contribution >= 4 is 23.2 Å². The second-order valence-corrected chi connectivity index (χ2v) is 11.2. The van der Waals surface area contributed by atoms with Gasteiger partial charge >= 0.3 is 0 Å². The number of benzene rings is 1. The summed E-state index contributed by atoms with van der Waals surface area (Å²) < 4.78 is 0. The standard InChI is InChI=1S/C20H32Cl2/c1-17(2,13-19(5,6)21)15-9-11-16(12-10-15)18(3,4)14-20(7,8)22/h9-12H,13-14H2,1-8H3. The quantitative estimate of drug-likeness (QED) is 0.485. The molecular weight excluding hydrogens is 311 g/mol. The van der Waals surface area contributed by atoms with E-state index in [-0.39, 0.29) is 20.6 Å². The number of alkyl halides is 2. The molecule has 0 atom stereocenters. The molecule has 22 heavy (non-hydrogen) atoms. The van der Waals surface area contributed by atoms with Crippen molar-refractivity contribution in [2.45, 2.75) is 88.8 Å². The summed E-state index contributed by atoms with van der Waals surface area (Å²) in [5.41, 5.74) is 2.82. The maximum atomic E-state index is 6.43. The molecule has 0 unspecified atom stereocenters. The van der Waals surface area contributed by atoms with Crippen molar-refractivity contribution in [2.24, 2.45) is 0 Å². The van der Waals surface area contributed by atoms with Gasteiger partial charge in [-0.25, -0.2) is 0 Å².